The van der Waals surface area contributed by atoms with Crippen molar-refractivity contribution in [2.75, 3.05) is 13.1 Å². The molecule has 4 nitrogen and oxygen atoms in total. The predicted octanol–water partition coefficient (Wildman–Crippen LogP) is 3.10. The van der Waals surface area contributed by atoms with Crippen LogP contribution in [0.3, 0.4) is 0 Å². The molecule has 1 aliphatic heterocycles. The Bertz CT molecular complexity index is 502. The molecule has 1 aromatic carbocycles. The van der Waals surface area contributed by atoms with E-state index >= 15 is 0 Å². The van der Waals surface area contributed by atoms with Crippen LogP contribution in [0.1, 0.15) is 43.7 Å². The van der Waals surface area contributed by atoms with Crippen LogP contribution in [0.15, 0.2) is 29.3 Å². The van der Waals surface area contributed by atoms with Crippen molar-refractivity contribution in [3.63, 3.8) is 0 Å². The lowest BCUT2D eigenvalue weighted by molar-refractivity contribution is 0.185. The predicted molar refractivity (Wildman–Crippen MR) is 107 cm³/mol. The largest absolute Gasteiger partial charge is 0.370 e. The van der Waals surface area contributed by atoms with E-state index in [0.717, 1.165) is 12.5 Å². The Kier molecular flexibility index (Phi) is 7.14. The van der Waals surface area contributed by atoms with E-state index in [1.54, 1.807) is 0 Å². The maximum Gasteiger partial charge on any atom is 0.189 e. The highest BCUT2D eigenvalue weighted by Gasteiger charge is 2.21. The molecular weight excluding hydrogens is 399 g/mol. The Hall–Kier alpha value is -0.820. The number of nitrogens with one attached hydrogen (secondary N) is 1. The topological polar surface area (TPSA) is 53.6 Å². The van der Waals surface area contributed by atoms with Gasteiger partial charge in [-0.2, -0.15) is 0 Å². The van der Waals surface area contributed by atoms with E-state index in [1.165, 1.54) is 49.9 Å². The zero-order valence-corrected chi connectivity index (χ0v) is 16.3. The molecule has 0 aromatic heterocycles. The van der Waals surface area contributed by atoms with Crippen molar-refractivity contribution >= 4 is 29.9 Å². The van der Waals surface area contributed by atoms with Gasteiger partial charge in [0.25, 0.3) is 0 Å². The van der Waals surface area contributed by atoms with Crippen molar-refractivity contribution in [1.29, 1.82) is 0 Å². The summed E-state index contributed by atoms with van der Waals surface area (Å²) in [5, 5.41) is 3.21. The third-order valence-electron chi connectivity index (χ3n) is 4.67. The first-order valence-corrected chi connectivity index (χ1v) is 8.55. The average molecular weight is 428 g/mol. The second-order valence-corrected chi connectivity index (χ2v) is 6.90. The molecule has 1 saturated carbocycles. The zero-order chi connectivity index (χ0) is 15.4. The summed E-state index contributed by atoms with van der Waals surface area (Å²) < 4.78 is 0. The van der Waals surface area contributed by atoms with E-state index in [9.17, 15) is 0 Å². The van der Waals surface area contributed by atoms with Gasteiger partial charge >= 0.3 is 0 Å². The molecular formula is C18H29IN4. The summed E-state index contributed by atoms with van der Waals surface area (Å²) in [6.07, 6.45) is 5.11. The molecule has 1 saturated heterocycles. The van der Waals surface area contributed by atoms with Crippen molar-refractivity contribution in [3.8, 4) is 0 Å². The lowest BCUT2D eigenvalue weighted by Gasteiger charge is -2.30. The number of hydrogen-bond donors (Lipinski definition) is 2. The van der Waals surface area contributed by atoms with Crippen LogP contribution < -0.4 is 11.1 Å². The third-order valence-corrected chi connectivity index (χ3v) is 4.67. The number of aliphatic imine (C=N–C) groups is 1. The highest BCUT2D eigenvalue weighted by molar-refractivity contribution is 14.0. The minimum atomic E-state index is 0. The standard InChI is InChI=1S/C18H28N4.HI/c1-14-8-10-22(11-9-14)13-16-4-2-15(3-5-16)12-20-18(19)21-17-6-7-17;/h2-5,14,17H,6-13H2,1H3,(H3,19,20,21);1H. The summed E-state index contributed by atoms with van der Waals surface area (Å²) in [6.45, 7) is 6.55. The number of halogens is 1. The Labute approximate surface area is 156 Å². The SMILES string of the molecule is CC1CCN(Cc2ccc(CN=C(N)NC3CC3)cc2)CC1.I. The fourth-order valence-corrected chi connectivity index (χ4v) is 2.89. The molecule has 0 spiro atoms. The van der Waals surface area contributed by atoms with Crippen LogP contribution in [-0.4, -0.2) is 30.0 Å². The van der Waals surface area contributed by atoms with Gasteiger partial charge in [0.05, 0.1) is 6.54 Å². The van der Waals surface area contributed by atoms with Crippen LogP contribution in [-0.2, 0) is 13.1 Å². The maximum atomic E-state index is 5.86. The number of rotatable bonds is 5. The van der Waals surface area contributed by atoms with Crippen LogP contribution in [0.25, 0.3) is 0 Å². The number of nitrogens with zero attached hydrogens (tertiary/aromatic N) is 2. The van der Waals surface area contributed by atoms with Gasteiger partial charge in [-0.3, -0.25) is 4.90 Å². The molecule has 0 amide bonds. The molecule has 0 radical (unpaired) electrons. The van der Waals surface area contributed by atoms with E-state index in [4.69, 9.17) is 5.73 Å². The summed E-state index contributed by atoms with van der Waals surface area (Å²) in [4.78, 5) is 6.96. The second-order valence-electron chi connectivity index (χ2n) is 6.90. The van der Waals surface area contributed by atoms with Crippen LogP contribution in [0.4, 0.5) is 0 Å². The lowest BCUT2D eigenvalue weighted by Crippen LogP contribution is -2.33. The Morgan fingerprint density at radius 2 is 1.74 bits per heavy atom. The van der Waals surface area contributed by atoms with Gasteiger partial charge in [-0.1, -0.05) is 31.2 Å². The Balaban J connectivity index is 0.00000192. The monoisotopic (exact) mass is 428 g/mol. The Morgan fingerprint density at radius 1 is 1.13 bits per heavy atom. The molecule has 23 heavy (non-hydrogen) atoms. The van der Waals surface area contributed by atoms with Gasteiger partial charge in [0.2, 0.25) is 0 Å². The van der Waals surface area contributed by atoms with Crippen molar-refractivity contribution in [2.24, 2.45) is 16.6 Å². The molecule has 3 rings (SSSR count). The lowest BCUT2D eigenvalue weighted by atomic mass is 9.99. The summed E-state index contributed by atoms with van der Waals surface area (Å²) in [6, 6.07) is 9.38. The molecule has 1 aromatic rings. The molecule has 2 fully saturated rings. The molecule has 0 unspecified atom stereocenters. The average Bonchev–Trinajstić information content (AvgIpc) is 3.33. The Morgan fingerprint density at radius 3 is 2.35 bits per heavy atom. The number of piperidine rings is 1. The number of benzene rings is 1. The molecule has 1 aliphatic carbocycles. The van der Waals surface area contributed by atoms with Gasteiger partial charge in [-0.05, 0) is 55.8 Å². The number of guanidine groups is 1. The first kappa shape index (κ1) is 18.5. The van der Waals surface area contributed by atoms with Crippen LogP contribution in [0.2, 0.25) is 0 Å². The normalized spacial score (nSPS) is 20.1. The van der Waals surface area contributed by atoms with Gasteiger partial charge in [-0.15, -0.1) is 24.0 Å². The minimum Gasteiger partial charge on any atom is -0.370 e. The molecule has 2 aliphatic rings. The second kappa shape index (κ2) is 8.87. The summed E-state index contributed by atoms with van der Waals surface area (Å²) in [5.74, 6) is 1.47. The third kappa shape index (κ3) is 6.30. The number of hydrogen-bond acceptors (Lipinski definition) is 2. The van der Waals surface area contributed by atoms with E-state index in [0.29, 0.717) is 18.5 Å². The molecule has 3 N–H and O–H groups in total. The van der Waals surface area contributed by atoms with E-state index < -0.39 is 0 Å². The van der Waals surface area contributed by atoms with Gasteiger partial charge < -0.3 is 11.1 Å². The van der Waals surface area contributed by atoms with E-state index in [-0.39, 0.29) is 24.0 Å². The van der Waals surface area contributed by atoms with Crippen molar-refractivity contribution in [2.45, 2.75) is 51.7 Å². The summed E-state index contributed by atoms with van der Waals surface area (Å²) in [5.41, 5.74) is 8.47. The van der Waals surface area contributed by atoms with Crippen LogP contribution in [0, 0.1) is 5.92 Å². The molecule has 128 valence electrons. The van der Waals surface area contributed by atoms with Gasteiger partial charge in [-0.25, -0.2) is 4.99 Å². The van der Waals surface area contributed by atoms with E-state index in [2.05, 4.69) is 46.4 Å². The molecule has 1 heterocycles. The maximum absolute atomic E-state index is 5.86. The quantitative estimate of drug-likeness (QED) is 0.431. The fraction of sp³-hybridized carbons (Fsp3) is 0.611. The van der Waals surface area contributed by atoms with Crippen molar-refractivity contribution in [1.82, 2.24) is 10.2 Å². The number of likely N-dealkylation sites (tertiary alicyclic amines) is 1. The first-order chi connectivity index (χ1) is 10.7. The molecule has 5 heteroatoms. The van der Waals surface area contributed by atoms with Gasteiger partial charge in [0, 0.05) is 12.6 Å². The highest BCUT2D eigenvalue weighted by Crippen LogP contribution is 2.19. The van der Waals surface area contributed by atoms with E-state index in [1.807, 2.05) is 0 Å². The fourth-order valence-electron chi connectivity index (χ4n) is 2.89. The van der Waals surface area contributed by atoms with Gasteiger partial charge in [0.15, 0.2) is 5.96 Å². The minimum absolute atomic E-state index is 0. The first-order valence-electron chi connectivity index (χ1n) is 8.55. The summed E-state index contributed by atoms with van der Waals surface area (Å²) in [7, 11) is 0. The van der Waals surface area contributed by atoms with Crippen LogP contribution >= 0.6 is 24.0 Å². The molecule has 0 atom stereocenters. The van der Waals surface area contributed by atoms with Gasteiger partial charge in [0.1, 0.15) is 0 Å². The van der Waals surface area contributed by atoms with Crippen LogP contribution in [0.5, 0.6) is 0 Å². The molecule has 0 bridgehead atoms. The van der Waals surface area contributed by atoms with Crippen molar-refractivity contribution < 1.29 is 0 Å². The smallest absolute Gasteiger partial charge is 0.189 e. The summed E-state index contributed by atoms with van der Waals surface area (Å²) >= 11 is 0. The van der Waals surface area contributed by atoms with Crippen molar-refractivity contribution in [3.05, 3.63) is 35.4 Å². The highest BCUT2D eigenvalue weighted by atomic mass is 127. The zero-order valence-electron chi connectivity index (χ0n) is 14.0. The number of nitrogens with two attached hydrogens (primary N) is 1.